The standard InChI is InChI=1S/C16H14N4O6/c1-8-13(9(2)26-19-8)16(21)24-10(3)14-17-18-15(25-14)11-4-6-12(7-5-11)20(22)23/h4-7,10H,1-3H3/t10-/m1/s1. The fraction of sp³-hybridized carbons (Fsp3) is 0.250. The number of esters is 1. The number of carbonyl (C=O) groups is 1. The lowest BCUT2D eigenvalue weighted by atomic mass is 10.2. The molecule has 0 N–H and O–H groups in total. The molecule has 3 rings (SSSR count). The number of nitro groups is 1. The van der Waals surface area contributed by atoms with E-state index in [1.54, 1.807) is 20.8 Å². The second kappa shape index (κ2) is 6.75. The summed E-state index contributed by atoms with van der Waals surface area (Å²) in [4.78, 5) is 22.4. The molecule has 0 aliphatic carbocycles. The molecule has 2 aromatic heterocycles. The van der Waals surface area contributed by atoms with Crippen LogP contribution < -0.4 is 0 Å². The Kier molecular flexibility index (Phi) is 4.48. The summed E-state index contributed by atoms with van der Waals surface area (Å²) in [5.41, 5.74) is 1.15. The molecule has 1 atom stereocenters. The molecule has 0 radical (unpaired) electrons. The third-order valence-electron chi connectivity index (χ3n) is 3.63. The normalized spacial score (nSPS) is 12.0. The van der Waals surface area contributed by atoms with Gasteiger partial charge in [0, 0.05) is 17.7 Å². The van der Waals surface area contributed by atoms with Gasteiger partial charge >= 0.3 is 5.97 Å². The van der Waals surface area contributed by atoms with Gasteiger partial charge < -0.3 is 13.7 Å². The second-order valence-electron chi connectivity index (χ2n) is 5.50. The first-order valence-electron chi connectivity index (χ1n) is 7.59. The number of aryl methyl sites for hydroxylation is 2. The molecule has 0 spiro atoms. The summed E-state index contributed by atoms with van der Waals surface area (Å²) in [6.45, 7) is 4.83. The molecule has 134 valence electrons. The molecule has 0 saturated carbocycles. The Bertz CT molecular complexity index is 940. The number of benzene rings is 1. The number of aromatic nitrogens is 3. The van der Waals surface area contributed by atoms with Crippen molar-refractivity contribution >= 4 is 11.7 Å². The number of ether oxygens (including phenoxy) is 1. The molecule has 3 aromatic rings. The highest BCUT2D eigenvalue weighted by Crippen LogP contribution is 2.25. The van der Waals surface area contributed by atoms with E-state index in [9.17, 15) is 14.9 Å². The van der Waals surface area contributed by atoms with Crippen LogP contribution in [0.5, 0.6) is 0 Å². The fourth-order valence-corrected chi connectivity index (χ4v) is 2.29. The molecule has 0 aliphatic rings. The molecule has 0 unspecified atom stereocenters. The second-order valence-corrected chi connectivity index (χ2v) is 5.50. The number of hydrogen-bond acceptors (Lipinski definition) is 9. The van der Waals surface area contributed by atoms with Crippen molar-refractivity contribution in [2.45, 2.75) is 26.9 Å². The van der Waals surface area contributed by atoms with Crippen molar-refractivity contribution in [3.05, 3.63) is 57.3 Å². The van der Waals surface area contributed by atoms with E-state index in [4.69, 9.17) is 13.7 Å². The van der Waals surface area contributed by atoms with Crippen molar-refractivity contribution in [2.75, 3.05) is 0 Å². The van der Waals surface area contributed by atoms with Gasteiger partial charge in [-0.3, -0.25) is 10.1 Å². The zero-order chi connectivity index (χ0) is 18.8. The number of nitro benzene ring substituents is 1. The summed E-state index contributed by atoms with van der Waals surface area (Å²) >= 11 is 0. The molecule has 1 aromatic carbocycles. The molecule has 0 amide bonds. The number of hydrogen-bond donors (Lipinski definition) is 0. The Labute approximate surface area is 146 Å². The minimum absolute atomic E-state index is 0.0461. The van der Waals surface area contributed by atoms with Crippen LogP contribution >= 0.6 is 0 Å². The molecular formula is C16H14N4O6. The van der Waals surface area contributed by atoms with Crippen molar-refractivity contribution in [2.24, 2.45) is 0 Å². The van der Waals surface area contributed by atoms with E-state index >= 15 is 0 Å². The van der Waals surface area contributed by atoms with Crippen LogP contribution in [0.4, 0.5) is 5.69 Å². The molecule has 0 aliphatic heterocycles. The quantitative estimate of drug-likeness (QED) is 0.383. The summed E-state index contributed by atoms with van der Waals surface area (Å²) in [6.07, 6.45) is -0.796. The van der Waals surface area contributed by atoms with Crippen molar-refractivity contribution in [1.82, 2.24) is 15.4 Å². The highest BCUT2D eigenvalue weighted by atomic mass is 16.6. The molecule has 0 bridgehead atoms. The van der Waals surface area contributed by atoms with Crippen LogP contribution in [0.1, 0.15) is 40.7 Å². The van der Waals surface area contributed by atoms with Crippen molar-refractivity contribution in [3.8, 4) is 11.5 Å². The van der Waals surface area contributed by atoms with E-state index in [1.165, 1.54) is 24.3 Å². The van der Waals surface area contributed by atoms with Gasteiger partial charge in [0.25, 0.3) is 11.6 Å². The van der Waals surface area contributed by atoms with E-state index in [0.29, 0.717) is 17.0 Å². The van der Waals surface area contributed by atoms with Crippen molar-refractivity contribution < 1.29 is 23.4 Å². The first-order chi connectivity index (χ1) is 12.4. The van der Waals surface area contributed by atoms with Crippen molar-refractivity contribution in [3.63, 3.8) is 0 Å². The molecule has 0 saturated heterocycles. The van der Waals surface area contributed by atoms with E-state index in [1.807, 2.05) is 0 Å². The summed E-state index contributed by atoms with van der Waals surface area (Å²) in [7, 11) is 0. The van der Waals surface area contributed by atoms with Gasteiger partial charge in [0.2, 0.25) is 5.89 Å². The SMILES string of the molecule is Cc1noc(C)c1C(=O)O[C@H](C)c1nnc(-c2ccc([N+](=O)[O-])cc2)o1. The molecule has 0 fully saturated rings. The summed E-state index contributed by atoms with van der Waals surface area (Å²) in [5.74, 6) is 0.00855. The van der Waals surface area contributed by atoms with Crippen LogP contribution in [0.3, 0.4) is 0 Å². The summed E-state index contributed by atoms with van der Waals surface area (Å²) in [5, 5.41) is 22.1. The third kappa shape index (κ3) is 3.29. The number of non-ortho nitro benzene ring substituents is 1. The zero-order valence-corrected chi connectivity index (χ0v) is 14.1. The van der Waals surface area contributed by atoms with Gasteiger partial charge in [-0.1, -0.05) is 5.16 Å². The Morgan fingerprint density at radius 3 is 2.50 bits per heavy atom. The minimum Gasteiger partial charge on any atom is -0.449 e. The smallest absolute Gasteiger partial charge is 0.344 e. The largest absolute Gasteiger partial charge is 0.449 e. The van der Waals surface area contributed by atoms with E-state index in [-0.39, 0.29) is 23.0 Å². The Balaban J connectivity index is 1.74. The van der Waals surface area contributed by atoms with E-state index < -0.39 is 17.0 Å². The Morgan fingerprint density at radius 1 is 1.23 bits per heavy atom. The first kappa shape index (κ1) is 17.3. The lowest BCUT2D eigenvalue weighted by Crippen LogP contribution is -2.11. The van der Waals surface area contributed by atoms with Crippen molar-refractivity contribution in [1.29, 1.82) is 0 Å². The number of carbonyl (C=O) groups excluding carboxylic acids is 1. The molecule has 10 heteroatoms. The highest BCUT2D eigenvalue weighted by molar-refractivity contribution is 5.91. The Morgan fingerprint density at radius 2 is 1.92 bits per heavy atom. The maximum Gasteiger partial charge on any atom is 0.344 e. The monoisotopic (exact) mass is 358 g/mol. The third-order valence-corrected chi connectivity index (χ3v) is 3.63. The van der Waals surface area contributed by atoms with Gasteiger partial charge in [-0.05, 0) is 32.9 Å². The molecule has 26 heavy (non-hydrogen) atoms. The van der Waals surface area contributed by atoms with Gasteiger partial charge in [-0.25, -0.2) is 4.79 Å². The van der Waals surface area contributed by atoms with Gasteiger partial charge in [-0.2, -0.15) is 0 Å². The van der Waals surface area contributed by atoms with Crippen LogP contribution in [-0.4, -0.2) is 26.2 Å². The zero-order valence-electron chi connectivity index (χ0n) is 14.1. The Hall–Kier alpha value is -3.56. The van der Waals surface area contributed by atoms with Crippen LogP contribution in [0.2, 0.25) is 0 Å². The van der Waals surface area contributed by atoms with E-state index in [2.05, 4.69) is 15.4 Å². The van der Waals surface area contributed by atoms with Gasteiger partial charge in [-0.15, -0.1) is 10.2 Å². The topological polar surface area (TPSA) is 134 Å². The average molecular weight is 358 g/mol. The van der Waals surface area contributed by atoms with Crippen LogP contribution in [0.25, 0.3) is 11.5 Å². The molecular weight excluding hydrogens is 344 g/mol. The maximum atomic E-state index is 12.2. The summed E-state index contributed by atoms with van der Waals surface area (Å²) < 4.78 is 15.8. The minimum atomic E-state index is -0.796. The van der Waals surface area contributed by atoms with Crippen LogP contribution in [-0.2, 0) is 4.74 Å². The van der Waals surface area contributed by atoms with E-state index in [0.717, 1.165) is 0 Å². The maximum absolute atomic E-state index is 12.2. The van der Waals surface area contributed by atoms with Gasteiger partial charge in [0.15, 0.2) is 6.10 Å². The lowest BCUT2D eigenvalue weighted by molar-refractivity contribution is -0.384. The number of rotatable bonds is 5. The predicted molar refractivity (Wildman–Crippen MR) is 86.2 cm³/mol. The average Bonchev–Trinajstić information content (AvgIpc) is 3.22. The van der Waals surface area contributed by atoms with Gasteiger partial charge in [0.05, 0.1) is 10.6 Å². The van der Waals surface area contributed by atoms with Gasteiger partial charge in [0.1, 0.15) is 11.3 Å². The highest BCUT2D eigenvalue weighted by Gasteiger charge is 2.24. The predicted octanol–water partition coefficient (Wildman–Crippen LogP) is 3.17. The summed E-state index contributed by atoms with van der Waals surface area (Å²) in [6, 6.07) is 5.66. The van der Waals surface area contributed by atoms with Crippen LogP contribution in [0, 0.1) is 24.0 Å². The molecule has 2 heterocycles. The lowest BCUT2D eigenvalue weighted by Gasteiger charge is -2.08. The molecule has 10 nitrogen and oxygen atoms in total. The first-order valence-corrected chi connectivity index (χ1v) is 7.59. The van der Waals surface area contributed by atoms with Crippen LogP contribution in [0.15, 0.2) is 33.2 Å². The number of nitrogens with zero attached hydrogens (tertiary/aromatic N) is 4. The fourth-order valence-electron chi connectivity index (χ4n) is 2.29.